The predicted octanol–water partition coefficient (Wildman–Crippen LogP) is 3.19. The van der Waals surface area contributed by atoms with Gasteiger partial charge in [0.2, 0.25) is 0 Å². The van der Waals surface area contributed by atoms with Gasteiger partial charge in [-0.3, -0.25) is 0 Å². The van der Waals surface area contributed by atoms with Crippen LogP contribution < -0.4 is 5.32 Å². The molecule has 0 amide bonds. The predicted molar refractivity (Wildman–Crippen MR) is 78.6 cm³/mol. The average molecular weight is 308 g/mol. The summed E-state index contributed by atoms with van der Waals surface area (Å²) in [7, 11) is 3.96. The van der Waals surface area contributed by atoms with Gasteiger partial charge in [-0.2, -0.15) is 0 Å². The summed E-state index contributed by atoms with van der Waals surface area (Å²) in [6.07, 6.45) is 0. The van der Waals surface area contributed by atoms with E-state index in [9.17, 15) is 0 Å². The zero-order valence-corrected chi connectivity index (χ0v) is 12.8. The van der Waals surface area contributed by atoms with Crippen LogP contribution in [0.4, 0.5) is 0 Å². The molecular weight excluding hydrogens is 290 g/mol. The van der Waals surface area contributed by atoms with Gasteiger partial charge >= 0.3 is 0 Å². The number of benzene rings is 1. The zero-order valence-electron chi connectivity index (χ0n) is 11.2. The molecule has 0 spiro atoms. The van der Waals surface area contributed by atoms with Gasteiger partial charge in [-0.25, -0.2) is 4.98 Å². The van der Waals surface area contributed by atoms with Gasteiger partial charge in [0.1, 0.15) is 10.4 Å². The highest BCUT2D eigenvalue weighted by atomic mass is 79.9. The zero-order chi connectivity index (χ0) is 13.3. The number of hydrogen-bond acceptors (Lipinski definition) is 2. The molecule has 0 aliphatic rings. The summed E-state index contributed by atoms with van der Waals surface area (Å²) in [6, 6.07) is 6.46. The molecule has 1 aromatic heterocycles. The van der Waals surface area contributed by atoms with E-state index < -0.39 is 0 Å². The number of aromatic nitrogens is 2. The third-order valence-corrected chi connectivity index (χ3v) is 4.06. The van der Waals surface area contributed by atoms with Crippen molar-refractivity contribution >= 4 is 15.9 Å². The molecule has 1 N–H and O–H groups in total. The van der Waals surface area contributed by atoms with Crippen LogP contribution >= 0.6 is 15.9 Å². The van der Waals surface area contributed by atoms with E-state index >= 15 is 0 Å². The second kappa shape index (κ2) is 5.24. The van der Waals surface area contributed by atoms with E-state index in [0.29, 0.717) is 0 Å². The molecule has 96 valence electrons. The first-order valence-corrected chi connectivity index (χ1v) is 6.77. The van der Waals surface area contributed by atoms with Crippen LogP contribution in [0.5, 0.6) is 0 Å². The average Bonchev–Trinajstić information content (AvgIpc) is 2.61. The third-order valence-electron chi connectivity index (χ3n) is 3.07. The monoisotopic (exact) mass is 307 g/mol. The molecule has 2 rings (SSSR count). The lowest BCUT2D eigenvalue weighted by Gasteiger charge is -2.07. The fourth-order valence-corrected chi connectivity index (χ4v) is 2.43. The summed E-state index contributed by atoms with van der Waals surface area (Å²) in [5.74, 6) is 1.01. The Morgan fingerprint density at radius 2 is 2.06 bits per heavy atom. The van der Waals surface area contributed by atoms with Gasteiger partial charge in [-0.15, -0.1) is 0 Å². The summed E-state index contributed by atoms with van der Waals surface area (Å²) in [6.45, 7) is 4.99. The molecular formula is C14H18BrN3. The van der Waals surface area contributed by atoms with E-state index in [1.54, 1.807) is 0 Å². The Labute approximate surface area is 116 Å². The molecule has 0 atom stereocenters. The van der Waals surface area contributed by atoms with Crippen LogP contribution in [0.15, 0.2) is 22.8 Å². The smallest absolute Gasteiger partial charge is 0.141 e. The van der Waals surface area contributed by atoms with Crippen molar-refractivity contribution in [3.05, 3.63) is 39.6 Å². The van der Waals surface area contributed by atoms with Crippen LogP contribution in [0.2, 0.25) is 0 Å². The number of halogens is 1. The minimum Gasteiger partial charge on any atom is -0.322 e. The summed E-state index contributed by atoms with van der Waals surface area (Å²) >= 11 is 3.60. The standard InChI is InChI=1S/C14H18BrN3/c1-9-5-6-10(2)11(7-9)14-17-12(8-16-3)13(15)18(14)4/h5-7,16H,8H2,1-4H3. The highest BCUT2D eigenvalue weighted by Crippen LogP contribution is 2.28. The minimum absolute atomic E-state index is 0.763. The maximum absolute atomic E-state index is 4.72. The van der Waals surface area contributed by atoms with Crippen LogP contribution in [-0.4, -0.2) is 16.6 Å². The van der Waals surface area contributed by atoms with Crippen LogP contribution in [0, 0.1) is 13.8 Å². The van der Waals surface area contributed by atoms with E-state index in [4.69, 9.17) is 4.98 Å². The lowest BCUT2D eigenvalue weighted by atomic mass is 10.1. The minimum atomic E-state index is 0.763. The van der Waals surface area contributed by atoms with E-state index in [2.05, 4.69) is 57.9 Å². The van der Waals surface area contributed by atoms with E-state index in [-0.39, 0.29) is 0 Å². The molecule has 18 heavy (non-hydrogen) atoms. The van der Waals surface area contributed by atoms with Crippen LogP contribution in [0.1, 0.15) is 16.8 Å². The Morgan fingerprint density at radius 1 is 1.33 bits per heavy atom. The topological polar surface area (TPSA) is 29.9 Å². The Morgan fingerprint density at radius 3 is 2.72 bits per heavy atom. The first kappa shape index (κ1) is 13.3. The van der Waals surface area contributed by atoms with Crippen molar-refractivity contribution in [2.75, 3.05) is 7.05 Å². The molecule has 0 aliphatic carbocycles. The lowest BCUT2D eigenvalue weighted by Crippen LogP contribution is -2.05. The normalized spacial score (nSPS) is 10.9. The fraction of sp³-hybridized carbons (Fsp3) is 0.357. The van der Waals surface area contributed by atoms with Crippen molar-refractivity contribution in [1.82, 2.24) is 14.9 Å². The molecule has 0 saturated carbocycles. The van der Waals surface area contributed by atoms with E-state index in [0.717, 1.165) is 22.7 Å². The maximum atomic E-state index is 4.72. The van der Waals surface area contributed by atoms with E-state index in [1.165, 1.54) is 16.7 Å². The number of nitrogens with zero attached hydrogens (tertiary/aromatic N) is 2. The molecule has 0 fully saturated rings. The molecule has 3 nitrogen and oxygen atoms in total. The largest absolute Gasteiger partial charge is 0.322 e. The summed E-state index contributed by atoms with van der Waals surface area (Å²) in [5.41, 5.74) is 4.73. The Balaban J connectivity index is 2.57. The summed E-state index contributed by atoms with van der Waals surface area (Å²) in [5, 5.41) is 3.14. The van der Waals surface area contributed by atoms with E-state index in [1.807, 2.05) is 14.1 Å². The molecule has 0 saturated heterocycles. The van der Waals surface area contributed by atoms with Gasteiger partial charge in [-0.1, -0.05) is 17.7 Å². The molecule has 1 heterocycles. The van der Waals surface area contributed by atoms with Crippen molar-refractivity contribution in [1.29, 1.82) is 0 Å². The SMILES string of the molecule is CNCc1nc(-c2cc(C)ccc2C)n(C)c1Br. The van der Waals surface area contributed by atoms with Crippen molar-refractivity contribution in [3.8, 4) is 11.4 Å². The van der Waals surface area contributed by atoms with Gasteiger partial charge in [0.05, 0.1) is 5.69 Å². The Kier molecular flexibility index (Phi) is 3.88. The Bertz CT molecular complexity index is 573. The van der Waals surface area contributed by atoms with Gasteiger partial charge in [0.15, 0.2) is 0 Å². The van der Waals surface area contributed by atoms with Gasteiger partial charge in [0, 0.05) is 19.2 Å². The Hall–Kier alpha value is -1.13. The molecule has 0 unspecified atom stereocenters. The second-order valence-electron chi connectivity index (χ2n) is 4.58. The first-order valence-electron chi connectivity index (χ1n) is 5.98. The van der Waals surface area contributed by atoms with Gasteiger partial charge in [0.25, 0.3) is 0 Å². The molecule has 2 aromatic rings. The van der Waals surface area contributed by atoms with Crippen molar-refractivity contribution in [2.45, 2.75) is 20.4 Å². The number of imidazole rings is 1. The molecule has 4 heteroatoms. The number of nitrogens with one attached hydrogen (secondary N) is 1. The first-order chi connectivity index (χ1) is 8.54. The molecule has 0 bridgehead atoms. The summed E-state index contributed by atoms with van der Waals surface area (Å²) < 4.78 is 3.13. The van der Waals surface area contributed by atoms with Crippen molar-refractivity contribution in [3.63, 3.8) is 0 Å². The fourth-order valence-electron chi connectivity index (χ4n) is 2.03. The highest BCUT2D eigenvalue weighted by molar-refractivity contribution is 9.10. The third kappa shape index (κ3) is 2.35. The highest BCUT2D eigenvalue weighted by Gasteiger charge is 2.14. The number of hydrogen-bond donors (Lipinski definition) is 1. The maximum Gasteiger partial charge on any atom is 0.141 e. The van der Waals surface area contributed by atoms with Crippen LogP contribution in [0.25, 0.3) is 11.4 Å². The van der Waals surface area contributed by atoms with Crippen LogP contribution in [-0.2, 0) is 13.6 Å². The summed E-state index contributed by atoms with van der Waals surface area (Å²) in [4.78, 5) is 4.72. The van der Waals surface area contributed by atoms with Crippen molar-refractivity contribution < 1.29 is 0 Å². The van der Waals surface area contributed by atoms with Gasteiger partial charge < -0.3 is 9.88 Å². The molecule has 0 radical (unpaired) electrons. The number of aryl methyl sites for hydroxylation is 2. The van der Waals surface area contributed by atoms with Crippen LogP contribution in [0.3, 0.4) is 0 Å². The molecule has 1 aromatic carbocycles. The quantitative estimate of drug-likeness (QED) is 0.944. The van der Waals surface area contributed by atoms with Crippen molar-refractivity contribution in [2.24, 2.45) is 7.05 Å². The van der Waals surface area contributed by atoms with Gasteiger partial charge in [-0.05, 0) is 48.5 Å². The second-order valence-corrected chi connectivity index (χ2v) is 5.33. The lowest BCUT2D eigenvalue weighted by molar-refractivity contribution is 0.788. The molecule has 0 aliphatic heterocycles. The number of rotatable bonds is 3.